The van der Waals surface area contributed by atoms with Crippen molar-refractivity contribution < 1.29 is 19.2 Å². The number of imide groups is 1. The summed E-state index contributed by atoms with van der Waals surface area (Å²) in [6.45, 7) is 2.27. The van der Waals surface area contributed by atoms with Crippen LogP contribution in [0, 0.1) is 23.7 Å². The second kappa shape index (κ2) is 6.07. The van der Waals surface area contributed by atoms with Crippen LogP contribution in [-0.4, -0.2) is 49.8 Å². The Kier molecular flexibility index (Phi) is 4.43. The minimum atomic E-state index is -1.71. The Labute approximate surface area is 191 Å². The average molecular weight is 510 g/mol. The summed E-state index contributed by atoms with van der Waals surface area (Å²) in [5, 5.41) is 0.999. The third-order valence-corrected chi connectivity index (χ3v) is 11.1. The molecule has 4 fully saturated rings. The van der Waals surface area contributed by atoms with Crippen molar-refractivity contribution in [3.05, 3.63) is 10.1 Å². The predicted octanol–water partition coefficient (Wildman–Crippen LogP) is 4.18. The van der Waals surface area contributed by atoms with Gasteiger partial charge in [-0.3, -0.25) is 14.4 Å². The Morgan fingerprint density at radius 3 is 1.86 bits per heavy atom. The minimum Gasteiger partial charge on any atom is -0.373 e. The number of nitrogens with zero attached hydrogens (tertiary/aromatic N) is 1. The van der Waals surface area contributed by atoms with Crippen LogP contribution < -0.4 is 0 Å². The van der Waals surface area contributed by atoms with E-state index in [2.05, 4.69) is 0 Å². The van der Waals surface area contributed by atoms with E-state index >= 15 is 0 Å². The van der Waals surface area contributed by atoms with Crippen molar-refractivity contribution in [2.24, 2.45) is 23.7 Å². The maximum atomic E-state index is 13.0. The number of unbranched alkanes of at least 4 members (excludes halogenated alkanes) is 1. The number of ether oxygens (including phenoxy) is 1. The number of alkyl halides is 4. The van der Waals surface area contributed by atoms with E-state index < -0.39 is 61.8 Å². The quantitative estimate of drug-likeness (QED) is 0.324. The van der Waals surface area contributed by atoms with E-state index in [1.165, 1.54) is 0 Å². The maximum absolute atomic E-state index is 13.0. The number of allylic oxidation sites excluding steroid dienone is 2. The Hall–Kier alpha value is 0.540. The van der Waals surface area contributed by atoms with E-state index in [4.69, 9.17) is 79.2 Å². The standard InChI is InChI=1S/C17H15Cl6NO4/c1-2-3-4-27-24-13(25)5-6(14(24)26)10-8-7(9(5)28-10)15(20)11(18)12(19)16(8,21)17(15,22)23/h5-10H,2-4H2,1H3/t5-,6+,7-,8+,9+,10-,15-,16-/m1/s1. The van der Waals surface area contributed by atoms with Gasteiger partial charge in [0.15, 0.2) is 4.33 Å². The zero-order chi connectivity index (χ0) is 20.4. The summed E-state index contributed by atoms with van der Waals surface area (Å²) in [4.78, 5) is 28.3. The van der Waals surface area contributed by atoms with Crippen LogP contribution in [0.3, 0.4) is 0 Å². The highest BCUT2D eigenvalue weighted by atomic mass is 35.5. The molecule has 4 bridgehead atoms. The first-order valence-electron chi connectivity index (χ1n) is 9.04. The first-order valence-corrected chi connectivity index (χ1v) is 11.3. The van der Waals surface area contributed by atoms with Gasteiger partial charge in [0.2, 0.25) is 0 Å². The van der Waals surface area contributed by atoms with Gasteiger partial charge in [-0.1, -0.05) is 59.7 Å². The Morgan fingerprint density at radius 1 is 0.964 bits per heavy atom. The number of hydroxylamine groups is 2. The molecule has 11 heteroatoms. The summed E-state index contributed by atoms with van der Waals surface area (Å²) in [5.41, 5.74) is 0. The first-order chi connectivity index (χ1) is 13.1. The Morgan fingerprint density at radius 2 is 1.43 bits per heavy atom. The van der Waals surface area contributed by atoms with Gasteiger partial charge in [-0.2, -0.15) is 5.06 Å². The molecule has 0 aromatic carbocycles. The molecular formula is C17H15Cl6NO4. The van der Waals surface area contributed by atoms with E-state index in [9.17, 15) is 9.59 Å². The zero-order valence-electron chi connectivity index (χ0n) is 14.4. The number of rotatable bonds is 4. The third-order valence-electron chi connectivity index (χ3n) is 6.86. The third kappa shape index (κ3) is 1.90. The van der Waals surface area contributed by atoms with Gasteiger partial charge in [0.25, 0.3) is 11.8 Å². The number of halogens is 6. The minimum absolute atomic E-state index is 0.0672. The molecule has 3 aliphatic heterocycles. The normalized spacial score (nSPS) is 50.2. The van der Waals surface area contributed by atoms with Crippen molar-refractivity contribution in [3.8, 4) is 0 Å². The average Bonchev–Trinajstić information content (AvgIpc) is 3.34. The van der Waals surface area contributed by atoms with Crippen LogP contribution in [0.5, 0.6) is 0 Å². The molecule has 0 spiro atoms. The van der Waals surface area contributed by atoms with E-state index in [0.29, 0.717) is 0 Å². The summed E-state index contributed by atoms with van der Waals surface area (Å²) in [6, 6.07) is 0. The summed E-state index contributed by atoms with van der Waals surface area (Å²) in [6.07, 6.45) is 0.197. The molecule has 0 N–H and O–H groups in total. The monoisotopic (exact) mass is 507 g/mol. The van der Waals surface area contributed by atoms with Gasteiger partial charge < -0.3 is 4.74 Å². The second-order valence-corrected chi connectivity index (χ2v) is 11.2. The van der Waals surface area contributed by atoms with Crippen LogP contribution in [0.4, 0.5) is 0 Å². The molecule has 154 valence electrons. The van der Waals surface area contributed by atoms with Gasteiger partial charge in [-0.15, -0.1) is 23.2 Å². The van der Waals surface area contributed by atoms with E-state index in [0.717, 1.165) is 17.9 Å². The molecule has 3 saturated heterocycles. The number of hydrogen-bond acceptors (Lipinski definition) is 4. The van der Waals surface area contributed by atoms with E-state index in [1.807, 2.05) is 6.92 Å². The van der Waals surface area contributed by atoms with Crippen LogP contribution in [-0.2, 0) is 19.2 Å². The Bertz CT molecular complexity index is 776. The van der Waals surface area contributed by atoms with Gasteiger partial charge in [0, 0.05) is 11.8 Å². The van der Waals surface area contributed by atoms with Crippen LogP contribution in [0.15, 0.2) is 10.1 Å². The van der Waals surface area contributed by atoms with Crippen molar-refractivity contribution in [1.29, 1.82) is 0 Å². The van der Waals surface area contributed by atoms with E-state index in [1.54, 1.807) is 0 Å². The molecule has 0 unspecified atom stereocenters. The SMILES string of the molecule is CCCCON1C(=O)[C@@H]2[C@H]3O[C@@H]([C@@H]2C1=O)[C@H]1[C@@H]3[C@@]2(Cl)C(Cl)=C(Cl)[C@@]1(Cl)C2(Cl)Cl. The molecule has 1 saturated carbocycles. The van der Waals surface area contributed by atoms with Crippen LogP contribution in [0.25, 0.3) is 0 Å². The zero-order valence-corrected chi connectivity index (χ0v) is 19.0. The first kappa shape index (κ1) is 20.4. The number of amides is 2. The largest absolute Gasteiger partial charge is 0.373 e. The number of carbonyl (C=O) groups is 2. The molecule has 0 aromatic rings. The summed E-state index contributed by atoms with van der Waals surface area (Å²) in [5.74, 6) is -3.47. The van der Waals surface area contributed by atoms with Gasteiger partial charge in [-0.05, 0) is 6.42 Å². The maximum Gasteiger partial charge on any atom is 0.260 e. The van der Waals surface area contributed by atoms with Gasteiger partial charge in [0.05, 0.1) is 40.7 Å². The van der Waals surface area contributed by atoms with Gasteiger partial charge >= 0.3 is 0 Å². The van der Waals surface area contributed by atoms with Crippen molar-refractivity contribution in [2.45, 2.75) is 46.1 Å². The van der Waals surface area contributed by atoms with Crippen molar-refractivity contribution >= 4 is 81.4 Å². The summed E-state index contributed by atoms with van der Waals surface area (Å²) >= 11 is 39.9. The number of carbonyl (C=O) groups excluding carboxylic acids is 2. The lowest BCUT2D eigenvalue weighted by atomic mass is 9.65. The fourth-order valence-corrected chi connectivity index (χ4v) is 8.76. The highest BCUT2D eigenvalue weighted by molar-refractivity contribution is 6.65. The van der Waals surface area contributed by atoms with Crippen LogP contribution in [0.2, 0.25) is 0 Å². The lowest BCUT2D eigenvalue weighted by molar-refractivity contribution is -0.192. The molecule has 28 heavy (non-hydrogen) atoms. The lowest BCUT2D eigenvalue weighted by Crippen LogP contribution is -2.50. The smallest absolute Gasteiger partial charge is 0.260 e. The summed E-state index contributed by atoms with van der Waals surface area (Å²) < 4.78 is 4.35. The van der Waals surface area contributed by atoms with Gasteiger partial charge in [-0.25, -0.2) is 0 Å². The highest BCUT2D eigenvalue weighted by Gasteiger charge is 2.90. The predicted molar refractivity (Wildman–Crippen MR) is 106 cm³/mol. The molecule has 0 aromatic heterocycles. The van der Waals surface area contributed by atoms with E-state index in [-0.39, 0.29) is 16.7 Å². The van der Waals surface area contributed by atoms with Crippen molar-refractivity contribution in [1.82, 2.24) is 5.06 Å². The summed E-state index contributed by atoms with van der Waals surface area (Å²) in [7, 11) is 0. The molecule has 5 rings (SSSR count). The van der Waals surface area contributed by atoms with Crippen LogP contribution >= 0.6 is 69.6 Å². The second-order valence-electron chi connectivity index (χ2n) is 7.95. The van der Waals surface area contributed by atoms with Crippen molar-refractivity contribution in [2.75, 3.05) is 6.61 Å². The molecule has 5 nitrogen and oxygen atoms in total. The number of hydrogen-bond donors (Lipinski definition) is 0. The number of fused-ring (bicyclic) bond motifs is 12. The molecular weight excluding hydrogens is 495 g/mol. The molecule has 2 aliphatic carbocycles. The molecule has 2 amide bonds. The Balaban J connectivity index is 1.55. The van der Waals surface area contributed by atoms with Crippen LogP contribution in [0.1, 0.15) is 19.8 Å². The molecule has 5 aliphatic rings. The fraction of sp³-hybridized carbons (Fsp3) is 0.765. The highest BCUT2D eigenvalue weighted by Crippen LogP contribution is 2.81. The fourth-order valence-electron chi connectivity index (χ4n) is 5.70. The van der Waals surface area contributed by atoms with Crippen molar-refractivity contribution in [3.63, 3.8) is 0 Å². The lowest BCUT2D eigenvalue weighted by Gasteiger charge is -2.39. The topological polar surface area (TPSA) is 55.8 Å². The van der Waals surface area contributed by atoms with Gasteiger partial charge in [0.1, 0.15) is 9.75 Å². The molecule has 0 radical (unpaired) electrons. The molecule has 8 atom stereocenters. The molecule has 3 heterocycles.